The van der Waals surface area contributed by atoms with E-state index in [2.05, 4.69) is 38.9 Å². The lowest BCUT2D eigenvalue weighted by Gasteiger charge is -2.13. The molecule has 0 aliphatic heterocycles. The Morgan fingerprint density at radius 2 is 2.10 bits per heavy atom. The van der Waals surface area contributed by atoms with Crippen LogP contribution < -0.4 is 15.8 Å². The van der Waals surface area contributed by atoms with Gasteiger partial charge in [0.2, 0.25) is 5.88 Å². The van der Waals surface area contributed by atoms with Gasteiger partial charge in [0, 0.05) is 10.4 Å². The molecule has 3 rings (SSSR count). The van der Waals surface area contributed by atoms with E-state index in [1.54, 1.807) is 11.3 Å². The van der Waals surface area contributed by atoms with Crippen molar-refractivity contribution in [1.29, 1.82) is 0 Å². The van der Waals surface area contributed by atoms with Crippen molar-refractivity contribution in [3.05, 3.63) is 36.0 Å². The summed E-state index contributed by atoms with van der Waals surface area (Å²) in [7, 11) is 0. The van der Waals surface area contributed by atoms with Crippen molar-refractivity contribution in [1.82, 2.24) is 9.97 Å². The number of nitrogens with two attached hydrogens (primary N) is 1. The van der Waals surface area contributed by atoms with Crippen molar-refractivity contribution < 1.29 is 4.74 Å². The number of hydrogen-bond donors (Lipinski definition) is 2. The quantitative estimate of drug-likeness (QED) is 0.766. The topological polar surface area (TPSA) is 73.1 Å². The maximum atomic E-state index is 6.06. The van der Waals surface area contributed by atoms with Gasteiger partial charge in [-0.1, -0.05) is 0 Å². The molecule has 3 N–H and O–H groups in total. The van der Waals surface area contributed by atoms with Crippen LogP contribution in [0.5, 0.6) is 5.88 Å². The summed E-state index contributed by atoms with van der Waals surface area (Å²) in [5.41, 5.74) is 7.41. The first-order valence-corrected chi connectivity index (χ1v) is 7.53. The van der Waals surface area contributed by atoms with Crippen LogP contribution >= 0.6 is 11.3 Å². The van der Waals surface area contributed by atoms with Crippen LogP contribution in [-0.4, -0.2) is 16.1 Å². The highest BCUT2D eigenvalue weighted by molar-refractivity contribution is 7.17. The Bertz CT molecular complexity index is 769. The first-order valence-electron chi connectivity index (χ1n) is 6.65. The number of aromatic nitrogens is 2. The Labute approximate surface area is 126 Å². The van der Waals surface area contributed by atoms with Gasteiger partial charge in [0.25, 0.3) is 0 Å². The standard InChI is InChI=1S/C15H16N4OS/c1-9(2)20-15-13(16)14(17-8-18-15)19-11-3-4-12-10(7-11)5-6-21-12/h3-9H,16H2,1-2H3,(H,17,18,19). The van der Waals surface area contributed by atoms with E-state index in [1.807, 2.05) is 19.9 Å². The second-order valence-electron chi connectivity index (χ2n) is 4.91. The maximum absolute atomic E-state index is 6.06. The van der Waals surface area contributed by atoms with E-state index in [1.165, 1.54) is 16.4 Å². The summed E-state index contributed by atoms with van der Waals surface area (Å²) in [6.45, 7) is 3.86. The third-order valence-electron chi connectivity index (χ3n) is 2.91. The average Bonchev–Trinajstić information content (AvgIpc) is 2.90. The fraction of sp³-hybridized carbons (Fsp3) is 0.200. The van der Waals surface area contributed by atoms with Crippen molar-refractivity contribution in [2.24, 2.45) is 0 Å². The number of hydrogen-bond acceptors (Lipinski definition) is 6. The van der Waals surface area contributed by atoms with Gasteiger partial charge in [-0.05, 0) is 48.9 Å². The number of ether oxygens (including phenoxy) is 1. The van der Waals surface area contributed by atoms with Gasteiger partial charge in [-0.2, -0.15) is 4.98 Å². The Morgan fingerprint density at radius 3 is 2.90 bits per heavy atom. The molecule has 0 spiro atoms. The normalized spacial score (nSPS) is 11.0. The molecule has 21 heavy (non-hydrogen) atoms. The Kier molecular flexibility index (Phi) is 3.62. The van der Waals surface area contributed by atoms with E-state index < -0.39 is 0 Å². The number of nitrogens with one attached hydrogen (secondary N) is 1. The first-order chi connectivity index (χ1) is 10.1. The zero-order valence-corrected chi connectivity index (χ0v) is 12.6. The second kappa shape index (κ2) is 5.57. The van der Waals surface area contributed by atoms with Crippen LogP contribution in [0, 0.1) is 0 Å². The number of nitrogens with zero attached hydrogens (tertiary/aromatic N) is 2. The van der Waals surface area contributed by atoms with Crippen LogP contribution in [0.1, 0.15) is 13.8 Å². The highest BCUT2D eigenvalue weighted by Gasteiger charge is 2.11. The van der Waals surface area contributed by atoms with Gasteiger partial charge in [0.15, 0.2) is 5.82 Å². The summed E-state index contributed by atoms with van der Waals surface area (Å²) < 4.78 is 6.82. The van der Waals surface area contributed by atoms with Crippen LogP contribution in [0.3, 0.4) is 0 Å². The zero-order valence-electron chi connectivity index (χ0n) is 11.8. The van der Waals surface area contributed by atoms with E-state index in [4.69, 9.17) is 10.5 Å². The molecule has 0 fully saturated rings. The van der Waals surface area contributed by atoms with E-state index in [0.717, 1.165) is 5.69 Å². The van der Waals surface area contributed by atoms with Crippen molar-refractivity contribution in [2.45, 2.75) is 20.0 Å². The Hall–Kier alpha value is -2.34. The molecule has 0 radical (unpaired) electrons. The summed E-state index contributed by atoms with van der Waals surface area (Å²) in [4.78, 5) is 8.25. The number of anilines is 3. The third-order valence-corrected chi connectivity index (χ3v) is 3.81. The van der Waals surface area contributed by atoms with Crippen LogP contribution in [-0.2, 0) is 0 Å². The lowest BCUT2D eigenvalue weighted by Crippen LogP contribution is -2.10. The molecule has 3 aromatic rings. The highest BCUT2D eigenvalue weighted by Crippen LogP contribution is 2.30. The summed E-state index contributed by atoms with van der Waals surface area (Å²) in [5.74, 6) is 0.953. The van der Waals surface area contributed by atoms with Gasteiger partial charge in [0.1, 0.15) is 12.0 Å². The molecule has 5 nitrogen and oxygen atoms in total. The fourth-order valence-corrected chi connectivity index (χ4v) is 2.75. The molecule has 0 amide bonds. The molecule has 2 aromatic heterocycles. The number of nitrogen functional groups attached to an aromatic ring is 1. The monoisotopic (exact) mass is 300 g/mol. The van der Waals surface area contributed by atoms with E-state index in [-0.39, 0.29) is 6.10 Å². The number of benzene rings is 1. The molecule has 0 atom stereocenters. The average molecular weight is 300 g/mol. The SMILES string of the molecule is CC(C)Oc1ncnc(Nc2ccc3sccc3c2)c1N. The Balaban J connectivity index is 1.90. The first kappa shape index (κ1) is 13.6. The minimum absolute atomic E-state index is 0.0113. The molecule has 0 aliphatic rings. The summed E-state index contributed by atoms with van der Waals surface area (Å²) in [6, 6.07) is 8.23. The summed E-state index contributed by atoms with van der Waals surface area (Å²) in [5, 5.41) is 6.48. The number of rotatable bonds is 4. The lowest BCUT2D eigenvalue weighted by atomic mass is 10.2. The van der Waals surface area contributed by atoms with Crippen molar-refractivity contribution >= 4 is 38.6 Å². The van der Waals surface area contributed by atoms with Crippen LogP contribution in [0.15, 0.2) is 36.0 Å². The zero-order chi connectivity index (χ0) is 14.8. The predicted molar refractivity (Wildman–Crippen MR) is 87.3 cm³/mol. The van der Waals surface area contributed by atoms with Gasteiger partial charge < -0.3 is 15.8 Å². The van der Waals surface area contributed by atoms with Gasteiger partial charge in [-0.3, -0.25) is 0 Å². The third kappa shape index (κ3) is 2.90. The van der Waals surface area contributed by atoms with Gasteiger partial charge in [0.05, 0.1) is 6.10 Å². The molecule has 0 saturated heterocycles. The Morgan fingerprint density at radius 1 is 1.24 bits per heavy atom. The molecule has 2 heterocycles. The molecule has 0 saturated carbocycles. The number of fused-ring (bicyclic) bond motifs is 1. The number of thiophene rings is 1. The molecule has 6 heteroatoms. The molecule has 0 unspecified atom stereocenters. The van der Waals surface area contributed by atoms with Crippen LogP contribution in [0.2, 0.25) is 0 Å². The van der Waals surface area contributed by atoms with E-state index in [0.29, 0.717) is 17.4 Å². The van der Waals surface area contributed by atoms with Crippen LogP contribution in [0.4, 0.5) is 17.2 Å². The maximum Gasteiger partial charge on any atom is 0.242 e. The molecule has 0 bridgehead atoms. The minimum atomic E-state index is 0.0113. The predicted octanol–water partition coefficient (Wildman–Crippen LogP) is 3.80. The molecule has 1 aromatic carbocycles. The minimum Gasteiger partial charge on any atom is -0.473 e. The molecular weight excluding hydrogens is 284 g/mol. The van der Waals surface area contributed by atoms with Crippen molar-refractivity contribution in [2.75, 3.05) is 11.1 Å². The van der Waals surface area contributed by atoms with E-state index >= 15 is 0 Å². The van der Waals surface area contributed by atoms with Gasteiger partial charge in [-0.15, -0.1) is 11.3 Å². The van der Waals surface area contributed by atoms with Gasteiger partial charge >= 0.3 is 0 Å². The largest absolute Gasteiger partial charge is 0.473 e. The summed E-state index contributed by atoms with van der Waals surface area (Å²) in [6.07, 6.45) is 1.46. The van der Waals surface area contributed by atoms with Crippen molar-refractivity contribution in [3.8, 4) is 5.88 Å². The molecule has 0 aliphatic carbocycles. The van der Waals surface area contributed by atoms with Crippen LogP contribution in [0.25, 0.3) is 10.1 Å². The van der Waals surface area contributed by atoms with Gasteiger partial charge in [-0.25, -0.2) is 4.98 Å². The molecular formula is C15H16N4OS. The summed E-state index contributed by atoms with van der Waals surface area (Å²) >= 11 is 1.72. The van der Waals surface area contributed by atoms with Crippen molar-refractivity contribution in [3.63, 3.8) is 0 Å². The lowest BCUT2D eigenvalue weighted by molar-refractivity contribution is 0.234. The smallest absolute Gasteiger partial charge is 0.242 e. The van der Waals surface area contributed by atoms with E-state index in [9.17, 15) is 0 Å². The molecule has 108 valence electrons. The highest BCUT2D eigenvalue weighted by atomic mass is 32.1. The fourth-order valence-electron chi connectivity index (χ4n) is 1.98. The second-order valence-corrected chi connectivity index (χ2v) is 5.85.